The first kappa shape index (κ1) is 21.1. The van der Waals surface area contributed by atoms with Gasteiger partial charge in [0.05, 0.1) is 17.8 Å². The number of hydrogen-bond donors (Lipinski definition) is 1. The molecule has 0 spiro atoms. The van der Waals surface area contributed by atoms with Gasteiger partial charge in [-0.05, 0) is 39.0 Å². The highest BCUT2D eigenvalue weighted by molar-refractivity contribution is 9.10. The van der Waals surface area contributed by atoms with E-state index in [0.29, 0.717) is 0 Å². The molecule has 2 atom stereocenters. The molecule has 1 N–H and O–H groups in total. The Labute approximate surface area is 162 Å². The lowest BCUT2D eigenvalue weighted by Crippen LogP contribution is -2.47. The van der Waals surface area contributed by atoms with Gasteiger partial charge in [0.2, 0.25) is 0 Å². The van der Waals surface area contributed by atoms with Crippen LogP contribution in [-0.4, -0.2) is 52.3 Å². The zero-order chi connectivity index (χ0) is 20.5. The number of amides is 2. The van der Waals surface area contributed by atoms with E-state index in [0.717, 1.165) is 11.0 Å². The number of likely N-dealkylation sites (tertiary alicyclic amines) is 1. The summed E-state index contributed by atoms with van der Waals surface area (Å²) in [5.41, 5.74) is -1.46. The predicted molar refractivity (Wildman–Crippen MR) is 95.9 cm³/mol. The summed E-state index contributed by atoms with van der Waals surface area (Å²) in [6.45, 7) is 4.45. The molecule has 0 bridgehead atoms. The molecule has 2 rings (SSSR count). The molecule has 0 aliphatic carbocycles. The van der Waals surface area contributed by atoms with Crippen LogP contribution in [-0.2, 0) is 9.53 Å². The van der Waals surface area contributed by atoms with Crippen LogP contribution in [0.5, 0.6) is 0 Å². The normalized spacial score (nSPS) is 19.7. The van der Waals surface area contributed by atoms with Crippen LogP contribution in [0.25, 0.3) is 0 Å². The van der Waals surface area contributed by atoms with Gasteiger partial charge in [-0.3, -0.25) is 9.69 Å². The number of benzene rings is 1. The van der Waals surface area contributed by atoms with Gasteiger partial charge < -0.3 is 9.84 Å². The first-order valence-electron chi connectivity index (χ1n) is 8.06. The van der Waals surface area contributed by atoms with Crippen LogP contribution in [0.4, 0.5) is 19.4 Å². The molecule has 1 aliphatic heterocycles. The Morgan fingerprint density at radius 2 is 1.93 bits per heavy atom. The second-order valence-electron chi connectivity index (χ2n) is 7.10. The Bertz CT molecular complexity index is 768. The highest BCUT2D eigenvalue weighted by Crippen LogP contribution is 2.29. The Balaban J connectivity index is 2.26. The molecular weight excluding hydrogens is 430 g/mol. The first-order chi connectivity index (χ1) is 12.4. The Kier molecular flexibility index (Phi) is 6.08. The number of alkyl halides is 1. The van der Waals surface area contributed by atoms with Crippen LogP contribution in [0, 0.1) is 0 Å². The zero-order valence-electron chi connectivity index (χ0n) is 14.9. The average Bonchev–Trinajstić information content (AvgIpc) is 2.93. The summed E-state index contributed by atoms with van der Waals surface area (Å²) in [4.78, 5) is 36.7. The molecule has 1 fully saturated rings. The summed E-state index contributed by atoms with van der Waals surface area (Å²) in [6.07, 6.45) is -2.80. The number of carboxylic acids is 1. The zero-order valence-corrected chi connectivity index (χ0v) is 16.5. The SMILES string of the molecule is CC(C)(C)OC(=O)N1C[C@H](F)C[C@H]1C(=O)N(F)c1cc(Br)cc(C(=O)O)c1. The fraction of sp³-hybridized carbons (Fsp3) is 0.471. The van der Waals surface area contributed by atoms with Crippen molar-refractivity contribution in [1.82, 2.24) is 4.90 Å². The molecule has 7 nitrogen and oxygen atoms in total. The van der Waals surface area contributed by atoms with Crippen molar-refractivity contribution in [2.75, 3.05) is 11.7 Å². The summed E-state index contributed by atoms with van der Waals surface area (Å²) in [7, 11) is 0. The van der Waals surface area contributed by atoms with Crippen LogP contribution in [0.1, 0.15) is 37.6 Å². The average molecular weight is 449 g/mol. The second-order valence-corrected chi connectivity index (χ2v) is 8.02. The van der Waals surface area contributed by atoms with E-state index in [1.807, 2.05) is 0 Å². The van der Waals surface area contributed by atoms with Crippen molar-refractivity contribution >= 4 is 39.6 Å². The van der Waals surface area contributed by atoms with Gasteiger partial charge in [0.1, 0.15) is 17.8 Å². The minimum atomic E-state index is -1.50. The standard InChI is InChI=1S/C17H19BrF2N2O5/c1-17(2,3)27-16(26)21-8-11(19)7-13(21)14(23)22(20)12-5-9(15(24)25)4-10(18)6-12/h4-6,11,13H,7-8H2,1-3H3,(H,24,25)/t11-,13+/m1/s1. The third kappa shape index (κ3) is 5.15. The molecule has 1 aromatic rings. The van der Waals surface area contributed by atoms with E-state index in [9.17, 15) is 23.3 Å². The maximum atomic E-state index is 14.7. The quantitative estimate of drug-likeness (QED) is 0.712. The maximum absolute atomic E-state index is 14.7. The fourth-order valence-corrected chi connectivity index (χ4v) is 3.09. The number of nitrogens with zero attached hydrogens (tertiary/aromatic N) is 2. The van der Waals surface area contributed by atoms with Gasteiger partial charge in [0.25, 0.3) is 5.91 Å². The van der Waals surface area contributed by atoms with Gasteiger partial charge in [-0.15, -0.1) is 5.12 Å². The van der Waals surface area contributed by atoms with Crippen molar-refractivity contribution in [1.29, 1.82) is 0 Å². The fourth-order valence-electron chi connectivity index (χ4n) is 2.61. The van der Waals surface area contributed by atoms with Crippen LogP contribution >= 0.6 is 15.9 Å². The number of hydrogen-bond acceptors (Lipinski definition) is 4. The van der Waals surface area contributed by atoms with Crippen LogP contribution in [0.15, 0.2) is 22.7 Å². The van der Waals surface area contributed by atoms with E-state index in [1.54, 1.807) is 20.8 Å². The predicted octanol–water partition coefficient (Wildman–Crippen LogP) is 3.71. The molecule has 0 unspecified atom stereocenters. The molecule has 10 heteroatoms. The van der Waals surface area contributed by atoms with E-state index >= 15 is 0 Å². The van der Waals surface area contributed by atoms with E-state index in [2.05, 4.69) is 15.9 Å². The smallest absolute Gasteiger partial charge is 0.411 e. The van der Waals surface area contributed by atoms with Crippen molar-refractivity contribution < 1.29 is 33.1 Å². The molecular formula is C17H19BrF2N2O5. The summed E-state index contributed by atoms with van der Waals surface area (Å²) in [5.74, 6) is -2.49. The summed E-state index contributed by atoms with van der Waals surface area (Å²) >= 11 is 3.05. The van der Waals surface area contributed by atoms with Crippen LogP contribution in [0.2, 0.25) is 0 Å². The minimum Gasteiger partial charge on any atom is -0.478 e. The Morgan fingerprint density at radius 3 is 2.48 bits per heavy atom. The third-order valence-electron chi connectivity index (χ3n) is 3.71. The lowest BCUT2D eigenvalue weighted by Gasteiger charge is -2.28. The number of halogens is 3. The molecule has 2 amide bonds. The molecule has 0 aromatic heterocycles. The molecule has 1 saturated heterocycles. The number of rotatable bonds is 3. The lowest BCUT2D eigenvalue weighted by atomic mass is 10.1. The Morgan fingerprint density at radius 1 is 1.30 bits per heavy atom. The summed E-state index contributed by atoms with van der Waals surface area (Å²) in [5, 5.41) is 8.78. The molecule has 148 valence electrons. The lowest BCUT2D eigenvalue weighted by molar-refractivity contribution is -0.125. The van der Waals surface area contributed by atoms with Crippen molar-refractivity contribution in [3.63, 3.8) is 0 Å². The third-order valence-corrected chi connectivity index (χ3v) is 4.17. The van der Waals surface area contributed by atoms with Gasteiger partial charge in [-0.1, -0.05) is 20.4 Å². The van der Waals surface area contributed by atoms with Crippen LogP contribution < -0.4 is 5.12 Å². The van der Waals surface area contributed by atoms with Crippen molar-refractivity contribution in [3.05, 3.63) is 28.2 Å². The van der Waals surface area contributed by atoms with E-state index in [-0.39, 0.29) is 27.3 Å². The molecule has 0 saturated carbocycles. The Hall–Kier alpha value is -2.23. The maximum Gasteiger partial charge on any atom is 0.411 e. The topological polar surface area (TPSA) is 87.2 Å². The summed E-state index contributed by atoms with van der Waals surface area (Å²) < 4.78 is 33.9. The molecule has 1 aromatic carbocycles. The number of carboxylic acid groups (broad SMARTS) is 1. The highest BCUT2D eigenvalue weighted by atomic mass is 79.9. The molecule has 1 aliphatic rings. The number of carbonyl (C=O) groups is 3. The number of carbonyl (C=O) groups excluding carboxylic acids is 2. The molecule has 1 heterocycles. The molecule has 0 radical (unpaired) electrons. The summed E-state index contributed by atoms with van der Waals surface area (Å²) in [6, 6.07) is 2.01. The van der Waals surface area contributed by atoms with Gasteiger partial charge in [-0.2, -0.15) is 0 Å². The molecule has 27 heavy (non-hydrogen) atoms. The highest BCUT2D eigenvalue weighted by Gasteiger charge is 2.44. The van der Waals surface area contributed by atoms with Crippen molar-refractivity contribution in [3.8, 4) is 0 Å². The van der Waals surface area contributed by atoms with Crippen molar-refractivity contribution in [2.45, 2.75) is 45.0 Å². The van der Waals surface area contributed by atoms with Crippen LogP contribution in [0.3, 0.4) is 0 Å². The second kappa shape index (κ2) is 7.79. The minimum absolute atomic E-state index is 0.242. The number of anilines is 1. The number of aromatic carboxylic acids is 1. The van der Waals surface area contributed by atoms with Crippen molar-refractivity contribution in [2.24, 2.45) is 0 Å². The van der Waals surface area contributed by atoms with E-state index in [1.165, 1.54) is 12.1 Å². The van der Waals surface area contributed by atoms with Gasteiger partial charge in [0.15, 0.2) is 0 Å². The van der Waals surface area contributed by atoms with Gasteiger partial charge >= 0.3 is 12.1 Å². The monoisotopic (exact) mass is 448 g/mol. The van der Waals surface area contributed by atoms with Gasteiger partial charge in [-0.25, -0.2) is 14.0 Å². The van der Waals surface area contributed by atoms with E-state index < -0.39 is 42.3 Å². The van der Waals surface area contributed by atoms with Gasteiger partial charge in [0, 0.05) is 10.9 Å². The van der Waals surface area contributed by atoms with E-state index in [4.69, 9.17) is 9.84 Å². The first-order valence-corrected chi connectivity index (χ1v) is 8.85. The number of ether oxygens (including phenoxy) is 1. The largest absolute Gasteiger partial charge is 0.478 e.